The van der Waals surface area contributed by atoms with Gasteiger partial charge in [-0.1, -0.05) is 12.1 Å². The third-order valence-electron chi connectivity index (χ3n) is 3.70. The topological polar surface area (TPSA) is 103 Å². The number of hydrogen-bond acceptors (Lipinski definition) is 4. The molecule has 0 unspecified atom stereocenters. The molecule has 2 rings (SSSR count). The maximum absolute atomic E-state index is 11.7. The average Bonchev–Trinajstić information content (AvgIpc) is 2.56. The van der Waals surface area contributed by atoms with Gasteiger partial charge in [0, 0.05) is 18.2 Å². The van der Waals surface area contributed by atoms with Crippen molar-refractivity contribution in [1.82, 2.24) is 5.32 Å². The molecule has 4 N–H and O–H groups in total. The first-order valence-electron chi connectivity index (χ1n) is 9.06. The lowest BCUT2D eigenvalue weighted by molar-refractivity contribution is 0.0460. The standard InChI is InChI=1S/C21H27N3O4/c1-14(2)23-20(26)24-16-7-11-18(12-8-16)27-17-9-5-15(6-10-17)13-21(3,4)28-19(22)25/h5-12,14H,13H2,1-4H3,(H2,22,25)(H2,23,24,26). The van der Waals surface area contributed by atoms with Crippen molar-refractivity contribution in [3.8, 4) is 11.5 Å². The van der Waals surface area contributed by atoms with E-state index in [4.69, 9.17) is 15.2 Å². The smallest absolute Gasteiger partial charge is 0.405 e. The molecular weight excluding hydrogens is 358 g/mol. The van der Waals surface area contributed by atoms with Gasteiger partial charge in [-0.3, -0.25) is 0 Å². The molecule has 28 heavy (non-hydrogen) atoms. The molecule has 2 aromatic carbocycles. The number of hydrogen-bond donors (Lipinski definition) is 3. The van der Waals surface area contributed by atoms with E-state index in [1.807, 2.05) is 38.1 Å². The van der Waals surface area contributed by atoms with E-state index >= 15 is 0 Å². The van der Waals surface area contributed by atoms with Gasteiger partial charge in [0.15, 0.2) is 0 Å². The van der Waals surface area contributed by atoms with Gasteiger partial charge in [0.2, 0.25) is 0 Å². The van der Waals surface area contributed by atoms with Gasteiger partial charge in [-0.05, 0) is 69.7 Å². The van der Waals surface area contributed by atoms with Crippen LogP contribution in [0.2, 0.25) is 0 Å². The maximum atomic E-state index is 11.7. The first-order valence-corrected chi connectivity index (χ1v) is 9.06. The van der Waals surface area contributed by atoms with Crippen molar-refractivity contribution in [2.75, 3.05) is 5.32 Å². The highest BCUT2D eigenvalue weighted by atomic mass is 16.6. The molecule has 7 nitrogen and oxygen atoms in total. The number of carbonyl (C=O) groups excluding carboxylic acids is 2. The maximum Gasteiger partial charge on any atom is 0.405 e. The SMILES string of the molecule is CC(C)NC(=O)Nc1ccc(Oc2ccc(CC(C)(C)OC(N)=O)cc2)cc1. The Morgan fingerprint density at radius 3 is 2.04 bits per heavy atom. The fourth-order valence-electron chi connectivity index (χ4n) is 2.65. The lowest BCUT2D eigenvalue weighted by Crippen LogP contribution is -2.34. The summed E-state index contributed by atoms with van der Waals surface area (Å²) in [7, 11) is 0. The molecule has 0 radical (unpaired) electrons. The van der Waals surface area contributed by atoms with Crippen LogP contribution < -0.4 is 21.1 Å². The second kappa shape index (κ2) is 9.12. The number of rotatable bonds is 7. The number of primary amides is 1. The molecule has 0 aliphatic heterocycles. The van der Waals surface area contributed by atoms with Crippen molar-refractivity contribution in [3.05, 3.63) is 54.1 Å². The molecule has 0 bridgehead atoms. The summed E-state index contributed by atoms with van der Waals surface area (Å²) in [4.78, 5) is 22.6. The molecule has 0 saturated carbocycles. The summed E-state index contributed by atoms with van der Waals surface area (Å²) in [5, 5.41) is 5.52. The van der Waals surface area contributed by atoms with Crippen molar-refractivity contribution in [1.29, 1.82) is 0 Å². The van der Waals surface area contributed by atoms with E-state index in [0.717, 1.165) is 5.56 Å². The van der Waals surface area contributed by atoms with Crippen LogP contribution in [0.1, 0.15) is 33.3 Å². The Balaban J connectivity index is 1.93. The van der Waals surface area contributed by atoms with Gasteiger partial charge in [0.05, 0.1) is 0 Å². The number of anilines is 1. The van der Waals surface area contributed by atoms with E-state index in [0.29, 0.717) is 23.6 Å². The fraction of sp³-hybridized carbons (Fsp3) is 0.333. The molecule has 0 heterocycles. The third-order valence-corrected chi connectivity index (χ3v) is 3.70. The minimum atomic E-state index is -0.787. The quantitative estimate of drug-likeness (QED) is 0.656. The molecule has 0 aliphatic carbocycles. The van der Waals surface area contributed by atoms with Gasteiger partial charge in [-0.15, -0.1) is 0 Å². The van der Waals surface area contributed by atoms with Gasteiger partial charge in [-0.2, -0.15) is 0 Å². The second-order valence-electron chi connectivity index (χ2n) is 7.38. The van der Waals surface area contributed by atoms with Gasteiger partial charge in [0.25, 0.3) is 0 Å². The van der Waals surface area contributed by atoms with Crippen molar-refractivity contribution in [2.24, 2.45) is 5.73 Å². The first-order chi connectivity index (χ1) is 13.1. The minimum absolute atomic E-state index is 0.0681. The van der Waals surface area contributed by atoms with Crippen molar-refractivity contribution in [2.45, 2.75) is 45.8 Å². The molecule has 2 aromatic rings. The lowest BCUT2D eigenvalue weighted by Gasteiger charge is -2.24. The summed E-state index contributed by atoms with van der Waals surface area (Å²) in [5.41, 5.74) is 6.08. The van der Waals surface area contributed by atoms with Crippen LogP contribution in [0.3, 0.4) is 0 Å². The van der Waals surface area contributed by atoms with E-state index in [1.54, 1.807) is 38.1 Å². The Kier molecular flexibility index (Phi) is 6.87. The van der Waals surface area contributed by atoms with Crippen molar-refractivity contribution in [3.63, 3.8) is 0 Å². The van der Waals surface area contributed by atoms with Crippen molar-refractivity contribution >= 4 is 17.8 Å². The number of ether oxygens (including phenoxy) is 2. The number of carbonyl (C=O) groups is 2. The number of nitrogens with one attached hydrogen (secondary N) is 2. The number of urea groups is 1. The van der Waals surface area contributed by atoms with E-state index in [9.17, 15) is 9.59 Å². The second-order valence-corrected chi connectivity index (χ2v) is 7.38. The molecule has 0 aliphatic rings. The zero-order valence-electron chi connectivity index (χ0n) is 16.6. The number of benzene rings is 2. The third kappa shape index (κ3) is 7.19. The largest absolute Gasteiger partial charge is 0.457 e. The van der Waals surface area contributed by atoms with Crippen LogP contribution >= 0.6 is 0 Å². The lowest BCUT2D eigenvalue weighted by atomic mass is 9.98. The van der Waals surface area contributed by atoms with Gasteiger partial charge < -0.3 is 25.8 Å². The highest BCUT2D eigenvalue weighted by Gasteiger charge is 2.22. The Morgan fingerprint density at radius 2 is 1.54 bits per heavy atom. The van der Waals surface area contributed by atoms with Crippen LogP contribution in [-0.2, 0) is 11.2 Å². The van der Waals surface area contributed by atoms with Crippen LogP contribution in [0, 0.1) is 0 Å². The highest BCUT2D eigenvalue weighted by Crippen LogP contribution is 2.25. The summed E-state index contributed by atoms with van der Waals surface area (Å²) >= 11 is 0. The zero-order valence-corrected chi connectivity index (χ0v) is 16.6. The highest BCUT2D eigenvalue weighted by molar-refractivity contribution is 5.89. The van der Waals surface area contributed by atoms with E-state index in [2.05, 4.69) is 10.6 Å². The van der Waals surface area contributed by atoms with Crippen molar-refractivity contribution < 1.29 is 19.1 Å². The number of nitrogens with two attached hydrogens (primary N) is 1. The fourth-order valence-corrected chi connectivity index (χ4v) is 2.65. The monoisotopic (exact) mass is 385 g/mol. The summed E-state index contributed by atoms with van der Waals surface area (Å²) in [6.07, 6.45) is -0.251. The Hall–Kier alpha value is -3.22. The summed E-state index contributed by atoms with van der Waals surface area (Å²) in [6.45, 7) is 7.40. The van der Waals surface area contributed by atoms with Crippen LogP contribution in [0.25, 0.3) is 0 Å². The normalized spacial score (nSPS) is 11.0. The molecule has 150 valence electrons. The summed E-state index contributed by atoms with van der Waals surface area (Å²) in [6, 6.07) is 14.4. The average molecular weight is 385 g/mol. The van der Waals surface area contributed by atoms with E-state index < -0.39 is 11.7 Å². The zero-order chi connectivity index (χ0) is 20.7. The molecule has 0 atom stereocenters. The van der Waals surface area contributed by atoms with Gasteiger partial charge in [-0.25, -0.2) is 9.59 Å². The van der Waals surface area contributed by atoms with Crippen LogP contribution in [-0.4, -0.2) is 23.8 Å². The molecule has 0 saturated heterocycles. The van der Waals surface area contributed by atoms with Gasteiger partial charge >= 0.3 is 12.1 Å². The van der Waals surface area contributed by atoms with Crippen LogP contribution in [0.15, 0.2) is 48.5 Å². The Bertz CT molecular complexity index is 799. The summed E-state index contributed by atoms with van der Waals surface area (Å²) in [5.74, 6) is 1.33. The minimum Gasteiger partial charge on any atom is -0.457 e. The number of amides is 3. The van der Waals surface area contributed by atoms with Crippen LogP contribution in [0.5, 0.6) is 11.5 Å². The molecular formula is C21H27N3O4. The van der Waals surface area contributed by atoms with E-state index in [-0.39, 0.29) is 12.1 Å². The van der Waals surface area contributed by atoms with Crippen LogP contribution in [0.4, 0.5) is 15.3 Å². The molecule has 0 fully saturated rings. The first kappa shape index (κ1) is 21.1. The Morgan fingerprint density at radius 1 is 1.00 bits per heavy atom. The molecule has 3 amide bonds. The Labute approximate surface area is 165 Å². The van der Waals surface area contributed by atoms with E-state index in [1.165, 1.54) is 0 Å². The van der Waals surface area contributed by atoms with Gasteiger partial charge in [0.1, 0.15) is 17.1 Å². The molecule has 7 heteroatoms. The predicted octanol–water partition coefficient (Wildman–Crippen LogP) is 4.43. The summed E-state index contributed by atoms with van der Waals surface area (Å²) < 4.78 is 10.9. The predicted molar refractivity (Wildman–Crippen MR) is 109 cm³/mol. The molecule has 0 aromatic heterocycles. The molecule has 0 spiro atoms.